The minimum atomic E-state index is -5.16. The fraction of sp³-hybridized carbons (Fsp3) is 0.500. The lowest BCUT2D eigenvalue weighted by molar-refractivity contribution is -0.201. The summed E-state index contributed by atoms with van der Waals surface area (Å²) in [6, 6.07) is 18.4. The van der Waals surface area contributed by atoms with Crippen LogP contribution in [0.5, 0.6) is 5.75 Å². The van der Waals surface area contributed by atoms with Crippen molar-refractivity contribution in [2.75, 3.05) is 19.7 Å². The number of rotatable bonds is 17. The van der Waals surface area contributed by atoms with Crippen LogP contribution in [-0.2, 0) is 27.2 Å². The van der Waals surface area contributed by atoms with E-state index >= 15 is 0 Å². The van der Waals surface area contributed by atoms with Crippen LogP contribution < -0.4 is 10.1 Å². The molecule has 0 saturated heterocycles. The number of halogens is 3. The molecule has 5 nitrogen and oxygen atoms in total. The second-order valence-corrected chi connectivity index (χ2v) is 8.71. The van der Waals surface area contributed by atoms with E-state index in [9.17, 15) is 22.8 Å². The standard InChI is InChI=1S/C28H36F3NO4/c29-28(30,31)27(34)36-26(33)19-21-32-20-18-24-14-16-25(17-15-24)35-22-10-5-3-1-2-4-7-11-23-12-8-6-9-13-23/h6,8-9,12-17,32H,1-5,7,10-11,18-22H2. The molecule has 0 bridgehead atoms. The first-order valence-corrected chi connectivity index (χ1v) is 12.6. The predicted molar refractivity (Wildman–Crippen MR) is 133 cm³/mol. The van der Waals surface area contributed by atoms with Crippen molar-refractivity contribution in [3.63, 3.8) is 0 Å². The van der Waals surface area contributed by atoms with Gasteiger partial charge in [0.1, 0.15) is 5.75 Å². The molecule has 0 spiro atoms. The van der Waals surface area contributed by atoms with Crippen molar-refractivity contribution in [2.24, 2.45) is 0 Å². The van der Waals surface area contributed by atoms with Gasteiger partial charge in [0.05, 0.1) is 13.0 Å². The summed E-state index contributed by atoms with van der Waals surface area (Å²) in [5.74, 6) is -2.87. The van der Waals surface area contributed by atoms with E-state index in [0.29, 0.717) is 19.6 Å². The molecule has 0 radical (unpaired) electrons. The molecular weight excluding hydrogens is 471 g/mol. The van der Waals surface area contributed by atoms with Gasteiger partial charge in [-0.05, 0) is 55.5 Å². The zero-order valence-electron chi connectivity index (χ0n) is 20.7. The Bertz CT molecular complexity index is 886. The Morgan fingerprint density at radius 1 is 0.722 bits per heavy atom. The summed E-state index contributed by atoms with van der Waals surface area (Å²) in [6.45, 7) is 1.35. The first-order chi connectivity index (χ1) is 17.3. The third-order valence-corrected chi connectivity index (χ3v) is 5.68. The smallest absolute Gasteiger partial charge is 0.491 e. The quantitative estimate of drug-likeness (QED) is 0.157. The van der Waals surface area contributed by atoms with Gasteiger partial charge in [0.25, 0.3) is 0 Å². The van der Waals surface area contributed by atoms with E-state index < -0.39 is 18.1 Å². The lowest BCUT2D eigenvalue weighted by atomic mass is 10.0. The number of aryl methyl sites for hydroxylation is 1. The van der Waals surface area contributed by atoms with Gasteiger partial charge in [-0.25, -0.2) is 4.79 Å². The van der Waals surface area contributed by atoms with E-state index in [-0.39, 0.29) is 13.0 Å². The molecule has 0 unspecified atom stereocenters. The van der Waals surface area contributed by atoms with Crippen LogP contribution in [0.4, 0.5) is 13.2 Å². The molecule has 0 aromatic heterocycles. The summed E-state index contributed by atoms with van der Waals surface area (Å²) >= 11 is 0. The molecule has 0 aliphatic carbocycles. The highest BCUT2D eigenvalue weighted by Gasteiger charge is 2.42. The second kappa shape index (κ2) is 16.7. The average Bonchev–Trinajstić information content (AvgIpc) is 2.86. The fourth-order valence-electron chi connectivity index (χ4n) is 3.66. The molecule has 198 valence electrons. The van der Waals surface area contributed by atoms with Gasteiger partial charge in [-0.3, -0.25) is 4.79 Å². The summed E-state index contributed by atoms with van der Waals surface area (Å²) in [6.07, 6.45) is 4.88. The highest BCUT2D eigenvalue weighted by Crippen LogP contribution is 2.17. The maximum atomic E-state index is 12.0. The third-order valence-electron chi connectivity index (χ3n) is 5.68. The van der Waals surface area contributed by atoms with Crippen LogP contribution in [0.15, 0.2) is 54.6 Å². The second-order valence-electron chi connectivity index (χ2n) is 8.71. The van der Waals surface area contributed by atoms with Gasteiger partial charge in [-0.15, -0.1) is 0 Å². The zero-order valence-corrected chi connectivity index (χ0v) is 20.7. The van der Waals surface area contributed by atoms with E-state index in [1.165, 1.54) is 44.1 Å². The molecule has 0 amide bonds. The highest BCUT2D eigenvalue weighted by molar-refractivity contribution is 5.88. The number of carbonyl (C=O) groups is 2. The third kappa shape index (κ3) is 13.3. The molecule has 0 heterocycles. The van der Waals surface area contributed by atoms with Crippen molar-refractivity contribution in [2.45, 2.75) is 70.4 Å². The average molecular weight is 508 g/mol. The number of ether oxygens (including phenoxy) is 2. The molecule has 2 rings (SSSR count). The molecule has 8 heteroatoms. The van der Waals surface area contributed by atoms with Crippen molar-refractivity contribution in [3.05, 3.63) is 65.7 Å². The molecule has 0 aliphatic rings. The molecule has 0 saturated carbocycles. The van der Waals surface area contributed by atoms with Crippen LogP contribution in [0.2, 0.25) is 0 Å². The molecule has 1 N–H and O–H groups in total. The molecule has 2 aromatic rings. The van der Waals surface area contributed by atoms with Gasteiger partial charge in [0, 0.05) is 6.54 Å². The molecule has 2 aromatic carbocycles. The Kier molecular flexibility index (Phi) is 13.7. The minimum Gasteiger partial charge on any atom is -0.494 e. The monoisotopic (exact) mass is 507 g/mol. The summed E-state index contributed by atoms with van der Waals surface area (Å²) in [5.41, 5.74) is 2.49. The predicted octanol–water partition coefficient (Wildman–Crippen LogP) is 6.19. The zero-order chi connectivity index (χ0) is 26.1. The number of nitrogens with one attached hydrogen (secondary N) is 1. The molecule has 0 aliphatic heterocycles. The number of esters is 2. The van der Waals surface area contributed by atoms with E-state index in [0.717, 1.165) is 24.2 Å². The first-order valence-electron chi connectivity index (χ1n) is 12.6. The maximum absolute atomic E-state index is 12.0. The number of benzene rings is 2. The van der Waals surface area contributed by atoms with Crippen LogP contribution in [0.25, 0.3) is 0 Å². The van der Waals surface area contributed by atoms with E-state index in [1.807, 2.05) is 24.3 Å². The lowest BCUT2D eigenvalue weighted by Crippen LogP contribution is -2.29. The Balaban J connectivity index is 1.43. The Morgan fingerprint density at radius 3 is 2.00 bits per heavy atom. The van der Waals surface area contributed by atoms with Crippen LogP contribution in [0.3, 0.4) is 0 Å². The topological polar surface area (TPSA) is 64.6 Å². The minimum absolute atomic E-state index is 0.124. The molecule has 0 fully saturated rings. The fourth-order valence-corrected chi connectivity index (χ4v) is 3.66. The van der Waals surface area contributed by atoms with Crippen molar-refractivity contribution in [1.29, 1.82) is 0 Å². The van der Waals surface area contributed by atoms with E-state index in [4.69, 9.17) is 4.74 Å². The SMILES string of the molecule is O=C(CCNCCc1ccc(OCCCCCCCCCc2ccccc2)cc1)OC(=O)C(F)(F)F. The van der Waals surface area contributed by atoms with Crippen LogP contribution >= 0.6 is 0 Å². The molecular formula is C28H36F3NO4. The van der Waals surface area contributed by atoms with Gasteiger partial charge in [0.2, 0.25) is 0 Å². The van der Waals surface area contributed by atoms with Gasteiger partial charge < -0.3 is 14.8 Å². The number of alkyl halides is 3. The number of hydrogen-bond donors (Lipinski definition) is 1. The van der Waals surface area contributed by atoms with Crippen LogP contribution in [0, 0.1) is 0 Å². The van der Waals surface area contributed by atoms with Gasteiger partial charge in [0.15, 0.2) is 0 Å². The highest BCUT2D eigenvalue weighted by atomic mass is 19.4. The van der Waals surface area contributed by atoms with Gasteiger partial charge in [-0.2, -0.15) is 13.2 Å². The Hall–Kier alpha value is -2.87. The largest absolute Gasteiger partial charge is 0.494 e. The number of carbonyl (C=O) groups excluding carboxylic acids is 2. The number of hydrogen-bond acceptors (Lipinski definition) is 5. The van der Waals surface area contributed by atoms with Gasteiger partial charge >= 0.3 is 18.1 Å². The lowest BCUT2D eigenvalue weighted by Gasteiger charge is -2.08. The summed E-state index contributed by atoms with van der Waals surface area (Å²) in [7, 11) is 0. The van der Waals surface area contributed by atoms with Crippen LogP contribution in [-0.4, -0.2) is 37.8 Å². The Labute approximate surface area is 211 Å². The summed E-state index contributed by atoms with van der Waals surface area (Å²) in [5, 5.41) is 2.94. The van der Waals surface area contributed by atoms with Crippen molar-refractivity contribution < 1.29 is 32.2 Å². The maximum Gasteiger partial charge on any atom is 0.491 e. The number of unbranched alkanes of at least 4 members (excludes halogenated alkanes) is 6. The van der Waals surface area contributed by atoms with Gasteiger partial charge in [-0.1, -0.05) is 74.6 Å². The molecule has 0 atom stereocenters. The van der Waals surface area contributed by atoms with Crippen molar-refractivity contribution >= 4 is 11.9 Å². The first kappa shape index (κ1) is 29.4. The molecule has 36 heavy (non-hydrogen) atoms. The van der Waals surface area contributed by atoms with Crippen molar-refractivity contribution in [3.8, 4) is 5.75 Å². The van der Waals surface area contributed by atoms with E-state index in [2.05, 4.69) is 40.4 Å². The van der Waals surface area contributed by atoms with E-state index in [1.54, 1.807) is 0 Å². The Morgan fingerprint density at radius 2 is 1.33 bits per heavy atom. The normalized spacial score (nSPS) is 11.3. The summed E-state index contributed by atoms with van der Waals surface area (Å²) < 4.78 is 45.6. The van der Waals surface area contributed by atoms with Crippen LogP contribution in [0.1, 0.15) is 62.5 Å². The van der Waals surface area contributed by atoms with Crippen molar-refractivity contribution in [1.82, 2.24) is 5.32 Å². The summed E-state index contributed by atoms with van der Waals surface area (Å²) in [4.78, 5) is 21.8.